The number of hydrazine groups is 1. The van der Waals surface area contributed by atoms with Crippen LogP contribution in [0.25, 0.3) is 10.9 Å². The summed E-state index contributed by atoms with van der Waals surface area (Å²) in [6.45, 7) is 2.85. The maximum atomic E-state index is 5.96. The van der Waals surface area contributed by atoms with Crippen molar-refractivity contribution in [1.29, 1.82) is 0 Å². The molecule has 0 saturated carbocycles. The second-order valence-electron chi connectivity index (χ2n) is 4.50. The minimum atomic E-state index is 0.251. The molecule has 1 atom stereocenters. The zero-order valence-electron chi connectivity index (χ0n) is 10.5. The van der Waals surface area contributed by atoms with E-state index in [2.05, 4.69) is 17.2 Å². The van der Waals surface area contributed by atoms with Crippen molar-refractivity contribution in [3.05, 3.63) is 35.5 Å². The molecular weight excluding hydrogens is 248 g/mol. The fraction of sp³-hybridized carbons (Fsp3) is 0.308. The summed E-state index contributed by atoms with van der Waals surface area (Å²) in [4.78, 5) is 4.31. The monoisotopic (exact) mass is 264 g/mol. The first-order valence-electron chi connectivity index (χ1n) is 5.83. The van der Waals surface area contributed by atoms with Gasteiger partial charge in [0, 0.05) is 41.9 Å². The molecule has 18 heavy (non-hydrogen) atoms. The summed E-state index contributed by atoms with van der Waals surface area (Å²) < 4.78 is 0. The Balaban J connectivity index is 2.28. The summed E-state index contributed by atoms with van der Waals surface area (Å²) in [5.41, 5.74) is 1.94. The molecule has 0 saturated heterocycles. The number of rotatable bonds is 4. The van der Waals surface area contributed by atoms with Crippen LogP contribution in [-0.2, 0) is 0 Å². The van der Waals surface area contributed by atoms with Crippen molar-refractivity contribution in [2.24, 2.45) is 5.84 Å². The lowest BCUT2D eigenvalue weighted by atomic mass is 10.1. The van der Waals surface area contributed by atoms with Gasteiger partial charge >= 0.3 is 0 Å². The number of nitrogens with one attached hydrogen (secondary N) is 1. The second-order valence-corrected chi connectivity index (χ2v) is 4.94. The lowest BCUT2D eigenvalue weighted by Gasteiger charge is -2.20. The topological polar surface area (TPSA) is 54.2 Å². The van der Waals surface area contributed by atoms with E-state index in [1.54, 1.807) is 11.2 Å². The standard InChI is InChI=1S/C13H17ClN4/c1-9(8-18(2)15)17-12-5-6-16-13-7-10(14)3-4-11(12)13/h3-7,9H,8,15H2,1-2H3,(H,16,17)/t9-/m0/s1. The van der Waals surface area contributed by atoms with E-state index in [0.29, 0.717) is 5.02 Å². The average molecular weight is 265 g/mol. The molecule has 1 aromatic heterocycles. The van der Waals surface area contributed by atoms with Crippen molar-refractivity contribution in [2.75, 3.05) is 18.9 Å². The molecule has 0 unspecified atom stereocenters. The molecule has 0 spiro atoms. The fourth-order valence-corrected chi connectivity index (χ4v) is 2.16. The third-order valence-electron chi connectivity index (χ3n) is 2.67. The lowest BCUT2D eigenvalue weighted by Crippen LogP contribution is -2.36. The molecule has 1 aromatic carbocycles. The van der Waals surface area contributed by atoms with E-state index in [1.807, 2.05) is 31.3 Å². The fourth-order valence-electron chi connectivity index (χ4n) is 1.99. The number of halogens is 1. The molecule has 5 heteroatoms. The van der Waals surface area contributed by atoms with E-state index >= 15 is 0 Å². The first-order valence-corrected chi connectivity index (χ1v) is 6.20. The van der Waals surface area contributed by atoms with Gasteiger partial charge in [-0.2, -0.15) is 0 Å². The number of aromatic nitrogens is 1. The minimum absolute atomic E-state index is 0.251. The van der Waals surface area contributed by atoms with Gasteiger partial charge in [0.1, 0.15) is 0 Å². The molecule has 4 nitrogen and oxygen atoms in total. The first kappa shape index (κ1) is 13.1. The molecule has 0 fully saturated rings. The van der Waals surface area contributed by atoms with Crippen LogP contribution in [0, 0.1) is 0 Å². The van der Waals surface area contributed by atoms with Gasteiger partial charge in [0.25, 0.3) is 0 Å². The molecule has 0 aliphatic rings. The maximum absolute atomic E-state index is 5.96. The molecule has 2 aromatic rings. The first-order chi connectivity index (χ1) is 8.56. The molecule has 0 amide bonds. The van der Waals surface area contributed by atoms with E-state index in [1.165, 1.54) is 0 Å². The summed E-state index contributed by atoms with van der Waals surface area (Å²) in [5, 5.41) is 6.86. The third-order valence-corrected chi connectivity index (χ3v) is 2.90. The predicted octanol–water partition coefficient (Wildman–Crippen LogP) is 2.49. The second kappa shape index (κ2) is 5.52. The summed E-state index contributed by atoms with van der Waals surface area (Å²) in [5.74, 6) is 5.64. The van der Waals surface area contributed by atoms with Crippen LogP contribution in [0.4, 0.5) is 5.69 Å². The van der Waals surface area contributed by atoms with Crippen LogP contribution < -0.4 is 11.2 Å². The molecule has 1 heterocycles. The van der Waals surface area contributed by atoms with Gasteiger partial charge in [-0.1, -0.05) is 11.6 Å². The number of fused-ring (bicyclic) bond motifs is 1. The highest BCUT2D eigenvalue weighted by molar-refractivity contribution is 6.31. The number of nitrogens with zero attached hydrogens (tertiary/aromatic N) is 2. The van der Waals surface area contributed by atoms with Gasteiger partial charge in [0.15, 0.2) is 0 Å². The van der Waals surface area contributed by atoms with E-state index in [9.17, 15) is 0 Å². The summed E-state index contributed by atoms with van der Waals surface area (Å²) in [6, 6.07) is 7.93. The van der Waals surface area contributed by atoms with Crippen LogP contribution in [0.15, 0.2) is 30.5 Å². The Bertz CT molecular complexity index is 542. The average Bonchev–Trinajstić information content (AvgIpc) is 2.27. The van der Waals surface area contributed by atoms with E-state index in [-0.39, 0.29) is 6.04 Å². The molecule has 3 N–H and O–H groups in total. The van der Waals surface area contributed by atoms with Crippen molar-refractivity contribution in [2.45, 2.75) is 13.0 Å². The number of anilines is 1. The highest BCUT2D eigenvalue weighted by atomic mass is 35.5. The molecule has 96 valence electrons. The molecule has 0 aliphatic carbocycles. The SMILES string of the molecule is C[C@@H](CN(C)N)Nc1ccnc2cc(Cl)ccc12. The Hall–Kier alpha value is -1.36. The van der Waals surface area contributed by atoms with Crippen molar-refractivity contribution in [1.82, 2.24) is 9.99 Å². The molecule has 0 bridgehead atoms. The van der Waals surface area contributed by atoms with Crippen molar-refractivity contribution < 1.29 is 0 Å². The third kappa shape index (κ3) is 3.10. The molecule has 2 rings (SSSR count). The predicted molar refractivity (Wildman–Crippen MR) is 76.7 cm³/mol. The number of hydrogen-bond donors (Lipinski definition) is 2. The van der Waals surface area contributed by atoms with Crippen LogP contribution in [-0.4, -0.2) is 29.6 Å². The van der Waals surface area contributed by atoms with Crippen LogP contribution >= 0.6 is 11.6 Å². The van der Waals surface area contributed by atoms with Crippen LogP contribution in [0.1, 0.15) is 6.92 Å². The van der Waals surface area contributed by atoms with Crippen LogP contribution in [0.3, 0.4) is 0 Å². The van der Waals surface area contributed by atoms with Gasteiger partial charge in [-0.3, -0.25) is 10.8 Å². The summed E-state index contributed by atoms with van der Waals surface area (Å²) in [7, 11) is 1.85. The number of benzene rings is 1. The van der Waals surface area contributed by atoms with Crippen molar-refractivity contribution in [3.8, 4) is 0 Å². The largest absolute Gasteiger partial charge is 0.381 e. The van der Waals surface area contributed by atoms with Crippen molar-refractivity contribution >= 4 is 28.2 Å². The normalized spacial score (nSPS) is 12.9. The Morgan fingerprint density at radius 1 is 1.44 bits per heavy atom. The summed E-state index contributed by atoms with van der Waals surface area (Å²) >= 11 is 5.96. The quantitative estimate of drug-likeness (QED) is 0.658. The molecular formula is C13H17ClN4. The highest BCUT2D eigenvalue weighted by Gasteiger charge is 2.07. The number of hydrogen-bond acceptors (Lipinski definition) is 4. The van der Waals surface area contributed by atoms with E-state index in [0.717, 1.165) is 23.1 Å². The van der Waals surface area contributed by atoms with Crippen molar-refractivity contribution in [3.63, 3.8) is 0 Å². The Kier molecular flexibility index (Phi) is 4.01. The lowest BCUT2D eigenvalue weighted by molar-refractivity contribution is 0.337. The van der Waals surface area contributed by atoms with Crippen LogP contribution in [0.2, 0.25) is 5.02 Å². The van der Waals surface area contributed by atoms with Gasteiger partial charge in [-0.05, 0) is 31.2 Å². The van der Waals surface area contributed by atoms with Crippen LogP contribution in [0.5, 0.6) is 0 Å². The number of likely N-dealkylation sites (N-methyl/N-ethyl adjacent to an activating group) is 1. The zero-order valence-corrected chi connectivity index (χ0v) is 11.3. The Morgan fingerprint density at radius 2 is 2.22 bits per heavy atom. The van der Waals surface area contributed by atoms with Gasteiger partial charge in [-0.25, -0.2) is 5.01 Å². The maximum Gasteiger partial charge on any atom is 0.0737 e. The van der Waals surface area contributed by atoms with Gasteiger partial charge in [-0.15, -0.1) is 0 Å². The van der Waals surface area contributed by atoms with E-state index < -0.39 is 0 Å². The zero-order chi connectivity index (χ0) is 13.1. The minimum Gasteiger partial charge on any atom is -0.381 e. The Labute approximate surface area is 112 Å². The van der Waals surface area contributed by atoms with Gasteiger partial charge in [0.05, 0.1) is 5.52 Å². The number of pyridine rings is 1. The van der Waals surface area contributed by atoms with E-state index in [4.69, 9.17) is 17.4 Å². The molecule has 0 aliphatic heterocycles. The highest BCUT2D eigenvalue weighted by Crippen LogP contribution is 2.24. The molecule has 0 radical (unpaired) electrons. The number of nitrogens with two attached hydrogens (primary N) is 1. The Morgan fingerprint density at radius 3 is 2.94 bits per heavy atom. The smallest absolute Gasteiger partial charge is 0.0737 e. The van der Waals surface area contributed by atoms with Gasteiger partial charge < -0.3 is 5.32 Å². The summed E-state index contributed by atoms with van der Waals surface area (Å²) in [6.07, 6.45) is 1.78. The van der Waals surface area contributed by atoms with Gasteiger partial charge in [0.2, 0.25) is 0 Å².